The van der Waals surface area contributed by atoms with E-state index < -0.39 is 5.41 Å². The zero-order valence-electron chi connectivity index (χ0n) is 35.1. The Morgan fingerprint density at radius 3 is 1.33 bits per heavy atom. The van der Waals surface area contributed by atoms with Crippen molar-refractivity contribution in [1.82, 2.24) is 0 Å². The Balaban J connectivity index is 0.982. The molecule has 10 aromatic rings. The number of benzene rings is 10. The second kappa shape index (κ2) is 15.5. The molecule has 0 bridgehead atoms. The molecule has 64 heavy (non-hydrogen) atoms. The summed E-state index contributed by atoms with van der Waals surface area (Å²) in [6, 6.07) is 91.5. The zero-order valence-corrected chi connectivity index (χ0v) is 35.1. The molecule has 0 radical (unpaired) electrons. The van der Waals surface area contributed by atoms with Gasteiger partial charge in [-0.15, -0.1) is 0 Å². The first-order chi connectivity index (χ1) is 31.7. The third-order valence-electron chi connectivity index (χ3n) is 12.9. The van der Waals surface area contributed by atoms with Crippen LogP contribution < -0.4 is 14.5 Å². The molecule has 302 valence electrons. The maximum Gasteiger partial charge on any atom is 0.132 e. The first kappa shape index (κ1) is 37.4. The van der Waals surface area contributed by atoms with Gasteiger partial charge in [0.2, 0.25) is 0 Å². The van der Waals surface area contributed by atoms with E-state index in [1.165, 1.54) is 27.8 Å². The van der Waals surface area contributed by atoms with Crippen molar-refractivity contribution in [3.63, 3.8) is 0 Å². The minimum absolute atomic E-state index is 0.596. The molecular weight excluding hydrogens is 777 g/mol. The summed E-state index contributed by atoms with van der Waals surface area (Å²) >= 11 is 0. The Morgan fingerprint density at radius 2 is 0.688 bits per heavy atom. The molecular formula is C61H42N2O. The Hall–Kier alpha value is -8.40. The first-order valence-corrected chi connectivity index (χ1v) is 21.9. The van der Waals surface area contributed by atoms with Crippen LogP contribution in [0.25, 0.3) is 33.4 Å². The van der Waals surface area contributed by atoms with E-state index in [0.717, 1.165) is 73.4 Å². The molecule has 1 aliphatic carbocycles. The van der Waals surface area contributed by atoms with E-state index in [2.05, 4.69) is 265 Å². The van der Waals surface area contributed by atoms with E-state index in [0.29, 0.717) is 0 Å². The SMILES string of the molecule is c1ccc(N(c2ccccc2)c2ccc(-c3ccc4c(c3)C3(c5ccccc5Oc5cc(-c6cccc(N(c7ccccc7)c7ccccc7)c6)ccc53)c3ccccc3-4)cc2)cc1. The highest BCUT2D eigenvalue weighted by Gasteiger charge is 2.51. The fraction of sp³-hybridized carbons (Fsp3) is 0.0164. The Bertz CT molecular complexity index is 3220. The normalized spacial score (nSPS) is 14.1. The maximum atomic E-state index is 6.98. The summed E-state index contributed by atoms with van der Waals surface area (Å²) in [5, 5.41) is 0. The molecule has 0 amide bonds. The molecule has 3 heteroatoms. The third-order valence-corrected chi connectivity index (χ3v) is 12.9. The van der Waals surface area contributed by atoms with Gasteiger partial charge in [0.15, 0.2) is 0 Å². The van der Waals surface area contributed by atoms with Crippen molar-refractivity contribution >= 4 is 34.1 Å². The van der Waals surface area contributed by atoms with E-state index in [1.54, 1.807) is 0 Å². The lowest BCUT2D eigenvalue weighted by atomic mass is 9.65. The molecule has 1 aliphatic heterocycles. The lowest BCUT2D eigenvalue weighted by Crippen LogP contribution is -2.32. The fourth-order valence-electron chi connectivity index (χ4n) is 10.1. The number of para-hydroxylation sites is 5. The molecule has 3 nitrogen and oxygen atoms in total. The highest BCUT2D eigenvalue weighted by molar-refractivity contribution is 5.91. The summed E-state index contributed by atoms with van der Waals surface area (Å²) in [4.78, 5) is 4.62. The topological polar surface area (TPSA) is 15.7 Å². The van der Waals surface area contributed by atoms with Gasteiger partial charge >= 0.3 is 0 Å². The van der Waals surface area contributed by atoms with Gasteiger partial charge in [0.05, 0.1) is 5.41 Å². The van der Waals surface area contributed by atoms with Crippen molar-refractivity contribution in [3.8, 4) is 44.9 Å². The van der Waals surface area contributed by atoms with E-state index >= 15 is 0 Å². The van der Waals surface area contributed by atoms with Gasteiger partial charge in [0, 0.05) is 45.3 Å². The van der Waals surface area contributed by atoms with Gasteiger partial charge in [0.1, 0.15) is 11.5 Å². The van der Waals surface area contributed by atoms with Gasteiger partial charge in [-0.1, -0.05) is 164 Å². The first-order valence-electron chi connectivity index (χ1n) is 21.9. The fourth-order valence-corrected chi connectivity index (χ4v) is 10.1. The molecule has 0 fully saturated rings. The van der Waals surface area contributed by atoms with E-state index in [1.807, 2.05) is 0 Å². The smallest absolute Gasteiger partial charge is 0.132 e. The van der Waals surface area contributed by atoms with Gasteiger partial charge in [-0.05, 0) is 136 Å². The molecule has 1 atom stereocenters. The number of ether oxygens (including phenoxy) is 1. The maximum absolute atomic E-state index is 6.98. The van der Waals surface area contributed by atoms with Crippen LogP contribution in [0.1, 0.15) is 22.3 Å². The van der Waals surface area contributed by atoms with Crippen LogP contribution in [-0.4, -0.2) is 0 Å². The largest absolute Gasteiger partial charge is 0.457 e. The lowest BCUT2D eigenvalue weighted by molar-refractivity contribution is 0.436. The summed E-state index contributed by atoms with van der Waals surface area (Å²) in [5.41, 5.74) is 17.9. The van der Waals surface area contributed by atoms with Crippen molar-refractivity contribution in [3.05, 3.63) is 277 Å². The minimum atomic E-state index is -0.596. The van der Waals surface area contributed by atoms with Crippen LogP contribution in [0.4, 0.5) is 34.1 Å². The highest BCUT2D eigenvalue weighted by atomic mass is 16.5. The number of fused-ring (bicyclic) bond motifs is 9. The van der Waals surface area contributed by atoms with Gasteiger partial charge in [-0.2, -0.15) is 0 Å². The Kier molecular flexibility index (Phi) is 9.05. The number of anilines is 6. The predicted molar refractivity (Wildman–Crippen MR) is 264 cm³/mol. The van der Waals surface area contributed by atoms with Gasteiger partial charge in [-0.3, -0.25) is 0 Å². The summed E-state index contributed by atoms with van der Waals surface area (Å²) in [6.45, 7) is 0. The molecule has 2 aliphatic rings. The van der Waals surface area contributed by atoms with Crippen molar-refractivity contribution in [1.29, 1.82) is 0 Å². The quantitative estimate of drug-likeness (QED) is 0.152. The molecule has 1 heterocycles. The van der Waals surface area contributed by atoms with Crippen LogP contribution in [-0.2, 0) is 5.41 Å². The average Bonchev–Trinajstić information content (AvgIpc) is 3.65. The van der Waals surface area contributed by atoms with E-state index in [9.17, 15) is 0 Å². The number of rotatable bonds is 8. The third kappa shape index (κ3) is 6.13. The van der Waals surface area contributed by atoms with Crippen LogP contribution in [0.3, 0.4) is 0 Å². The number of hydrogen-bond donors (Lipinski definition) is 0. The summed E-state index contributed by atoms with van der Waals surface area (Å²) in [5.74, 6) is 1.74. The molecule has 0 saturated carbocycles. The van der Waals surface area contributed by atoms with Crippen LogP contribution >= 0.6 is 0 Å². The van der Waals surface area contributed by atoms with Crippen LogP contribution in [0.5, 0.6) is 11.5 Å². The molecule has 1 spiro atoms. The van der Waals surface area contributed by atoms with Crippen LogP contribution in [0, 0.1) is 0 Å². The highest BCUT2D eigenvalue weighted by Crippen LogP contribution is 2.62. The van der Waals surface area contributed by atoms with Gasteiger partial charge in [0.25, 0.3) is 0 Å². The summed E-state index contributed by atoms with van der Waals surface area (Å²) in [6.07, 6.45) is 0. The molecule has 12 rings (SSSR count). The van der Waals surface area contributed by atoms with Gasteiger partial charge < -0.3 is 14.5 Å². The minimum Gasteiger partial charge on any atom is -0.457 e. The lowest BCUT2D eigenvalue weighted by Gasteiger charge is -2.39. The van der Waals surface area contributed by atoms with Gasteiger partial charge in [-0.25, -0.2) is 0 Å². The van der Waals surface area contributed by atoms with Crippen molar-refractivity contribution in [2.24, 2.45) is 0 Å². The Labute approximate surface area is 374 Å². The molecule has 1 unspecified atom stereocenters. The van der Waals surface area contributed by atoms with Crippen LogP contribution in [0.15, 0.2) is 255 Å². The summed E-state index contributed by atoms with van der Waals surface area (Å²) < 4.78 is 6.98. The number of hydrogen-bond acceptors (Lipinski definition) is 3. The zero-order chi connectivity index (χ0) is 42.5. The van der Waals surface area contributed by atoms with Crippen LogP contribution in [0.2, 0.25) is 0 Å². The average molecular weight is 819 g/mol. The van der Waals surface area contributed by atoms with E-state index in [-0.39, 0.29) is 0 Å². The molecule has 0 saturated heterocycles. The standard InChI is InChI=1S/C61H42N2O/c1-5-19-47(20-6-1)62(48-21-7-2-8-22-48)51-36-32-43(33-37-51)45-34-38-54-53-28-13-14-29-55(53)61(58(54)41-45)56-30-15-16-31-59(56)64-60-42-46(35-39-57(60)61)44-18-17-27-52(40-44)63(49-23-9-3-10-24-49)50-25-11-4-12-26-50/h1-42H. The molecule has 0 aromatic heterocycles. The van der Waals surface area contributed by atoms with Crippen molar-refractivity contribution < 1.29 is 4.74 Å². The van der Waals surface area contributed by atoms with E-state index in [4.69, 9.17) is 4.74 Å². The monoisotopic (exact) mass is 818 g/mol. The Morgan fingerprint density at radius 1 is 0.250 bits per heavy atom. The summed E-state index contributed by atoms with van der Waals surface area (Å²) in [7, 11) is 0. The predicted octanol–water partition coefficient (Wildman–Crippen LogP) is 16.4. The van der Waals surface area contributed by atoms with Crippen molar-refractivity contribution in [2.45, 2.75) is 5.41 Å². The number of nitrogens with zero attached hydrogens (tertiary/aromatic N) is 2. The molecule has 10 aromatic carbocycles. The van der Waals surface area contributed by atoms with Crippen molar-refractivity contribution in [2.75, 3.05) is 9.80 Å². The second-order valence-electron chi connectivity index (χ2n) is 16.5. The molecule has 0 N–H and O–H groups in total. The second-order valence-corrected chi connectivity index (χ2v) is 16.5.